The van der Waals surface area contributed by atoms with Gasteiger partial charge in [0.05, 0.1) is 29.9 Å². The minimum atomic E-state index is -1.13. The molecular weight excluding hydrogens is 591 g/mol. The standard InChI is InChI=1S/C27H39IN2O7/c1-5-6-7-24(33)30(10-8-17(2)3)21-14-19(27(35)29-9-11-31)15-22(25(21)34)37-26-20(28)12-18(16-32)13-23(26)36-4/h6-7,12-13,15,17,21-22,25,31-32,34H,5,8-11,14,16H2,1-4H3,(H,29,35)/t21-,22+,25+/m1/s1. The number of aliphatic hydroxyl groups excluding tert-OH is 3. The predicted molar refractivity (Wildman–Crippen MR) is 149 cm³/mol. The molecule has 1 aliphatic carbocycles. The SMILES string of the molecule is CCC=CC(=O)N(CCC(C)C)[C@@H]1CC(C(=O)NCCO)=C[C@H](Oc2c(I)cc(CO)cc2OC)[C@H]1O. The van der Waals surface area contributed by atoms with E-state index in [-0.39, 0.29) is 32.1 Å². The largest absolute Gasteiger partial charge is 0.493 e. The van der Waals surface area contributed by atoms with E-state index in [4.69, 9.17) is 14.6 Å². The fourth-order valence-electron chi connectivity index (χ4n) is 4.05. The molecule has 0 fully saturated rings. The van der Waals surface area contributed by atoms with Gasteiger partial charge in [-0.3, -0.25) is 9.59 Å². The summed E-state index contributed by atoms with van der Waals surface area (Å²) in [5, 5.41) is 32.9. The Hall–Kier alpha value is -2.15. The molecule has 0 spiro atoms. The van der Waals surface area contributed by atoms with E-state index < -0.39 is 24.2 Å². The average Bonchev–Trinajstić information content (AvgIpc) is 2.88. The lowest BCUT2D eigenvalue weighted by Crippen LogP contribution is -2.55. The van der Waals surface area contributed by atoms with Crippen LogP contribution in [0.15, 0.2) is 35.9 Å². The van der Waals surface area contributed by atoms with E-state index in [9.17, 15) is 19.8 Å². The van der Waals surface area contributed by atoms with Gasteiger partial charge in [0.15, 0.2) is 11.5 Å². The third-order valence-electron chi connectivity index (χ3n) is 6.07. The summed E-state index contributed by atoms with van der Waals surface area (Å²) >= 11 is 2.06. The van der Waals surface area contributed by atoms with Gasteiger partial charge >= 0.3 is 0 Å². The van der Waals surface area contributed by atoms with Crippen molar-refractivity contribution in [3.05, 3.63) is 45.1 Å². The Morgan fingerprint density at radius 2 is 2.03 bits per heavy atom. The number of nitrogens with zero attached hydrogens (tertiary/aromatic N) is 1. The number of halogens is 1. The predicted octanol–water partition coefficient (Wildman–Crippen LogP) is 2.55. The molecular formula is C27H39IN2O7. The molecule has 0 bridgehead atoms. The Bertz CT molecular complexity index is 980. The van der Waals surface area contributed by atoms with Crippen LogP contribution in [0.4, 0.5) is 0 Å². The Kier molecular flexibility index (Phi) is 12.9. The number of benzene rings is 1. The number of methoxy groups -OCH3 is 1. The molecule has 2 rings (SSSR count). The lowest BCUT2D eigenvalue weighted by Gasteiger charge is -2.40. The Labute approximate surface area is 232 Å². The first kappa shape index (κ1) is 31.1. The molecule has 9 nitrogen and oxygen atoms in total. The molecule has 1 aliphatic rings. The molecule has 4 N–H and O–H groups in total. The topological polar surface area (TPSA) is 129 Å². The van der Waals surface area contributed by atoms with Gasteiger partial charge in [0.25, 0.3) is 0 Å². The number of carbonyl (C=O) groups is 2. The lowest BCUT2D eigenvalue weighted by molar-refractivity contribution is -0.133. The number of rotatable bonds is 13. The van der Waals surface area contributed by atoms with Crippen LogP contribution in [0.25, 0.3) is 0 Å². The van der Waals surface area contributed by atoms with E-state index in [1.54, 1.807) is 29.2 Å². The van der Waals surface area contributed by atoms with E-state index >= 15 is 0 Å². The smallest absolute Gasteiger partial charge is 0.247 e. The summed E-state index contributed by atoms with van der Waals surface area (Å²) in [6.45, 7) is 6.17. The number of allylic oxidation sites excluding steroid dienone is 1. The van der Waals surface area contributed by atoms with E-state index in [1.807, 2.05) is 6.92 Å². The van der Waals surface area contributed by atoms with E-state index in [2.05, 4.69) is 41.8 Å². The maximum absolute atomic E-state index is 13.2. The van der Waals surface area contributed by atoms with Gasteiger partial charge < -0.3 is 35.0 Å². The average molecular weight is 631 g/mol. The molecule has 10 heteroatoms. The first-order valence-electron chi connectivity index (χ1n) is 12.6. The summed E-state index contributed by atoms with van der Waals surface area (Å²) in [4.78, 5) is 27.7. The third-order valence-corrected chi connectivity index (χ3v) is 6.87. The van der Waals surface area contributed by atoms with Gasteiger partial charge in [0.2, 0.25) is 11.8 Å². The first-order chi connectivity index (χ1) is 17.7. The van der Waals surface area contributed by atoms with Gasteiger partial charge in [-0.1, -0.05) is 26.8 Å². The van der Waals surface area contributed by atoms with Crippen LogP contribution in [-0.4, -0.2) is 77.1 Å². The highest BCUT2D eigenvalue weighted by Crippen LogP contribution is 2.37. The zero-order chi connectivity index (χ0) is 27.5. The molecule has 37 heavy (non-hydrogen) atoms. The quantitative estimate of drug-likeness (QED) is 0.195. The second-order valence-corrected chi connectivity index (χ2v) is 10.5. The van der Waals surface area contributed by atoms with Crippen LogP contribution >= 0.6 is 22.6 Å². The van der Waals surface area contributed by atoms with Crippen molar-refractivity contribution >= 4 is 34.4 Å². The van der Waals surface area contributed by atoms with Crippen LogP contribution in [0, 0.1) is 9.49 Å². The molecule has 1 aromatic carbocycles. The highest BCUT2D eigenvalue weighted by Gasteiger charge is 2.40. The maximum atomic E-state index is 13.2. The molecule has 1 aromatic rings. The number of amides is 2. The second-order valence-electron chi connectivity index (χ2n) is 9.31. The monoisotopic (exact) mass is 630 g/mol. The summed E-state index contributed by atoms with van der Waals surface area (Å²) in [5.74, 6) is 0.446. The molecule has 0 radical (unpaired) electrons. The van der Waals surface area contributed by atoms with Crippen LogP contribution < -0.4 is 14.8 Å². The Balaban J connectivity index is 2.51. The molecule has 2 amide bonds. The van der Waals surface area contributed by atoms with Crippen molar-refractivity contribution in [2.45, 2.75) is 64.9 Å². The van der Waals surface area contributed by atoms with E-state index in [0.717, 1.165) is 6.42 Å². The molecule has 0 unspecified atom stereocenters. The highest BCUT2D eigenvalue weighted by molar-refractivity contribution is 14.1. The Morgan fingerprint density at radius 1 is 1.30 bits per heavy atom. The first-order valence-corrected chi connectivity index (χ1v) is 13.6. The normalized spacial score (nSPS) is 19.6. The molecule has 0 aliphatic heterocycles. The zero-order valence-corrected chi connectivity index (χ0v) is 24.1. The number of hydrogen-bond donors (Lipinski definition) is 4. The summed E-state index contributed by atoms with van der Waals surface area (Å²) < 4.78 is 12.4. The molecule has 0 saturated carbocycles. The summed E-state index contributed by atoms with van der Waals surface area (Å²) in [5.41, 5.74) is 1.000. The van der Waals surface area contributed by atoms with Crippen molar-refractivity contribution in [3.8, 4) is 11.5 Å². The lowest BCUT2D eigenvalue weighted by atomic mass is 9.87. The van der Waals surface area contributed by atoms with Gasteiger partial charge in [0, 0.05) is 25.1 Å². The minimum absolute atomic E-state index is 0.0818. The van der Waals surface area contributed by atoms with Crippen LogP contribution in [0.2, 0.25) is 0 Å². The maximum Gasteiger partial charge on any atom is 0.247 e. The number of hydrogen-bond acceptors (Lipinski definition) is 7. The fraction of sp³-hybridized carbons (Fsp3) is 0.556. The van der Waals surface area contributed by atoms with Crippen molar-refractivity contribution in [1.29, 1.82) is 0 Å². The van der Waals surface area contributed by atoms with Crippen LogP contribution in [-0.2, 0) is 16.2 Å². The van der Waals surface area contributed by atoms with Gasteiger partial charge in [-0.15, -0.1) is 0 Å². The zero-order valence-electron chi connectivity index (χ0n) is 21.9. The summed E-state index contributed by atoms with van der Waals surface area (Å²) in [6.07, 6.45) is 4.32. The van der Waals surface area contributed by atoms with Crippen molar-refractivity contribution in [2.75, 3.05) is 26.8 Å². The third kappa shape index (κ3) is 8.69. The molecule has 206 valence electrons. The van der Waals surface area contributed by atoms with Gasteiger partial charge in [0.1, 0.15) is 12.2 Å². The van der Waals surface area contributed by atoms with Crippen molar-refractivity contribution < 1.29 is 34.4 Å². The van der Waals surface area contributed by atoms with Gasteiger partial charge in [-0.2, -0.15) is 0 Å². The second kappa shape index (κ2) is 15.3. The van der Waals surface area contributed by atoms with Crippen molar-refractivity contribution in [3.63, 3.8) is 0 Å². The van der Waals surface area contributed by atoms with Crippen LogP contribution in [0.5, 0.6) is 11.5 Å². The Morgan fingerprint density at radius 3 is 2.62 bits per heavy atom. The molecule has 0 heterocycles. The number of aliphatic hydroxyl groups is 3. The number of nitrogens with one attached hydrogen (secondary N) is 1. The van der Waals surface area contributed by atoms with Crippen molar-refractivity contribution in [1.82, 2.24) is 10.2 Å². The number of ether oxygens (including phenoxy) is 2. The van der Waals surface area contributed by atoms with Crippen LogP contribution in [0.3, 0.4) is 0 Å². The molecule has 0 aromatic heterocycles. The highest BCUT2D eigenvalue weighted by atomic mass is 127. The van der Waals surface area contributed by atoms with E-state index in [1.165, 1.54) is 13.2 Å². The van der Waals surface area contributed by atoms with E-state index in [0.29, 0.717) is 45.1 Å². The molecule has 0 saturated heterocycles. The van der Waals surface area contributed by atoms with Crippen LogP contribution in [0.1, 0.15) is 45.6 Å². The summed E-state index contributed by atoms with van der Waals surface area (Å²) in [6, 6.07) is 2.69. The van der Waals surface area contributed by atoms with Gasteiger partial charge in [-0.05, 0) is 71.2 Å². The molecule has 3 atom stereocenters. The fourth-order valence-corrected chi connectivity index (χ4v) is 4.84. The number of carbonyl (C=O) groups excluding carboxylic acids is 2. The minimum Gasteiger partial charge on any atom is -0.493 e. The van der Waals surface area contributed by atoms with Gasteiger partial charge in [-0.25, -0.2) is 0 Å². The van der Waals surface area contributed by atoms with Crippen molar-refractivity contribution in [2.24, 2.45) is 5.92 Å². The summed E-state index contributed by atoms with van der Waals surface area (Å²) in [7, 11) is 1.48.